The Kier molecular flexibility index (Phi) is 2.81. The fourth-order valence-corrected chi connectivity index (χ4v) is 1.08. The Morgan fingerprint density at radius 3 is 2.64 bits per heavy atom. The predicted molar refractivity (Wildman–Crippen MR) is 47.4 cm³/mol. The summed E-state index contributed by atoms with van der Waals surface area (Å²) in [5, 5.41) is 0.415. The van der Waals surface area contributed by atoms with Gasteiger partial charge in [-0.15, -0.1) is 0 Å². The lowest BCUT2D eigenvalue weighted by atomic mass is 10.4. The summed E-state index contributed by atoms with van der Waals surface area (Å²) in [5.41, 5.74) is 6.15. The van der Waals surface area contributed by atoms with Crippen LogP contribution in [0.25, 0.3) is 0 Å². The highest BCUT2D eigenvalue weighted by Crippen LogP contribution is 2.22. The van der Waals surface area contributed by atoms with E-state index in [0.717, 1.165) is 10.2 Å². The maximum absolute atomic E-state index is 5.74. The molecule has 5 heteroatoms. The zero-order valence-corrected chi connectivity index (χ0v) is 8.28. The van der Waals surface area contributed by atoms with E-state index in [2.05, 4.69) is 25.9 Å². The van der Waals surface area contributed by atoms with Gasteiger partial charge >= 0.3 is 0 Å². The van der Waals surface area contributed by atoms with Gasteiger partial charge in [-0.25, -0.2) is 9.97 Å². The van der Waals surface area contributed by atoms with E-state index in [4.69, 9.17) is 17.3 Å². The molecule has 11 heavy (non-hydrogen) atoms. The molecule has 1 aromatic heterocycles. The molecule has 0 saturated heterocycles. The quantitative estimate of drug-likeness (QED) is 0.755. The van der Waals surface area contributed by atoms with Crippen molar-refractivity contribution in [2.24, 2.45) is 5.73 Å². The van der Waals surface area contributed by atoms with Crippen LogP contribution in [-0.4, -0.2) is 9.97 Å². The van der Waals surface area contributed by atoms with Crippen molar-refractivity contribution in [1.82, 2.24) is 9.97 Å². The van der Waals surface area contributed by atoms with Gasteiger partial charge in [-0.05, 0) is 22.9 Å². The maximum Gasteiger partial charge on any atom is 0.147 e. The van der Waals surface area contributed by atoms with Gasteiger partial charge in [-0.2, -0.15) is 0 Å². The van der Waals surface area contributed by atoms with Gasteiger partial charge < -0.3 is 5.73 Å². The van der Waals surface area contributed by atoms with E-state index in [1.807, 2.05) is 6.92 Å². The minimum Gasteiger partial charge on any atom is -0.324 e. The maximum atomic E-state index is 5.74. The lowest BCUT2D eigenvalue weighted by Crippen LogP contribution is -2.04. The second-order valence-corrected chi connectivity index (χ2v) is 3.19. The average molecular weight is 236 g/mol. The predicted octanol–water partition coefficient (Wildman–Crippen LogP) is 1.66. The molecular formula is C6H7BrClN3. The summed E-state index contributed by atoms with van der Waals surface area (Å²) >= 11 is 8.99. The van der Waals surface area contributed by atoms with Crippen LogP contribution in [-0.2, 0) is 6.54 Å². The highest BCUT2D eigenvalue weighted by Gasteiger charge is 2.04. The zero-order valence-electron chi connectivity index (χ0n) is 5.93. The third-order valence-corrected chi connectivity index (χ3v) is 2.66. The molecule has 0 unspecified atom stereocenters. The van der Waals surface area contributed by atoms with Gasteiger partial charge in [-0.3, -0.25) is 0 Å². The molecule has 0 aliphatic rings. The lowest BCUT2D eigenvalue weighted by molar-refractivity contribution is 0.885. The van der Waals surface area contributed by atoms with Crippen molar-refractivity contribution < 1.29 is 0 Å². The van der Waals surface area contributed by atoms with Crippen LogP contribution in [0.1, 0.15) is 11.5 Å². The van der Waals surface area contributed by atoms with E-state index in [0.29, 0.717) is 17.5 Å². The molecule has 0 aliphatic heterocycles. The van der Waals surface area contributed by atoms with Crippen LogP contribution in [0, 0.1) is 6.92 Å². The first-order valence-electron chi connectivity index (χ1n) is 3.03. The third-order valence-electron chi connectivity index (χ3n) is 1.21. The minimum absolute atomic E-state index is 0.313. The SMILES string of the molecule is Cc1nc(CN)nc(Cl)c1Br. The largest absolute Gasteiger partial charge is 0.324 e. The second-order valence-electron chi connectivity index (χ2n) is 2.03. The topological polar surface area (TPSA) is 51.8 Å². The second kappa shape index (κ2) is 3.47. The first-order chi connectivity index (χ1) is 5.15. The Labute approximate surface area is 78.1 Å². The van der Waals surface area contributed by atoms with E-state index >= 15 is 0 Å². The van der Waals surface area contributed by atoms with Crippen molar-refractivity contribution in [1.29, 1.82) is 0 Å². The van der Waals surface area contributed by atoms with Crippen LogP contribution in [0.4, 0.5) is 0 Å². The molecule has 0 radical (unpaired) electrons. The van der Waals surface area contributed by atoms with E-state index < -0.39 is 0 Å². The summed E-state index contributed by atoms with van der Waals surface area (Å²) < 4.78 is 0.733. The Bertz CT molecular complexity index is 254. The smallest absolute Gasteiger partial charge is 0.147 e. The number of hydrogen-bond donors (Lipinski definition) is 1. The first-order valence-corrected chi connectivity index (χ1v) is 4.21. The van der Waals surface area contributed by atoms with Gasteiger partial charge in [0.1, 0.15) is 11.0 Å². The summed E-state index contributed by atoms with van der Waals surface area (Å²) in [4.78, 5) is 8.02. The Morgan fingerprint density at radius 1 is 1.55 bits per heavy atom. The minimum atomic E-state index is 0.313. The van der Waals surface area contributed by atoms with Crippen LogP contribution in [0.5, 0.6) is 0 Å². The highest BCUT2D eigenvalue weighted by atomic mass is 79.9. The molecule has 1 rings (SSSR count). The molecule has 3 nitrogen and oxygen atoms in total. The number of rotatable bonds is 1. The Morgan fingerprint density at radius 2 is 2.18 bits per heavy atom. The van der Waals surface area contributed by atoms with Gasteiger partial charge in [0.15, 0.2) is 0 Å². The zero-order chi connectivity index (χ0) is 8.43. The van der Waals surface area contributed by atoms with Crippen molar-refractivity contribution >= 4 is 27.5 Å². The standard InChI is InChI=1S/C6H7BrClN3/c1-3-5(7)6(8)11-4(2-9)10-3/h2,9H2,1H3. The van der Waals surface area contributed by atoms with E-state index in [-0.39, 0.29) is 0 Å². The number of hydrogen-bond acceptors (Lipinski definition) is 3. The highest BCUT2D eigenvalue weighted by molar-refractivity contribution is 9.10. The Hall–Kier alpha value is -0.190. The first kappa shape index (κ1) is 8.90. The molecule has 2 N–H and O–H groups in total. The molecular weight excluding hydrogens is 229 g/mol. The monoisotopic (exact) mass is 235 g/mol. The van der Waals surface area contributed by atoms with Crippen LogP contribution in [0.3, 0.4) is 0 Å². The number of nitrogens with zero attached hydrogens (tertiary/aromatic N) is 2. The molecule has 60 valence electrons. The fourth-order valence-electron chi connectivity index (χ4n) is 0.671. The average Bonchev–Trinajstić information content (AvgIpc) is 1.99. The van der Waals surface area contributed by atoms with Crippen LogP contribution in [0.15, 0.2) is 4.47 Å². The number of nitrogens with two attached hydrogens (primary N) is 1. The lowest BCUT2D eigenvalue weighted by Gasteiger charge is -2.01. The van der Waals surface area contributed by atoms with Crippen molar-refractivity contribution in [3.8, 4) is 0 Å². The molecule has 0 fully saturated rings. The molecule has 0 atom stereocenters. The van der Waals surface area contributed by atoms with E-state index in [9.17, 15) is 0 Å². The molecule has 0 saturated carbocycles. The van der Waals surface area contributed by atoms with E-state index in [1.54, 1.807) is 0 Å². The molecule has 0 amide bonds. The molecule has 0 bridgehead atoms. The summed E-state index contributed by atoms with van der Waals surface area (Å²) in [7, 11) is 0. The summed E-state index contributed by atoms with van der Waals surface area (Å²) in [6, 6.07) is 0. The molecule has 0 spiro atoms. The molecule has 1 aromatic rings. The number of aromatic nitrogens is 2. The molecule has 1 heterocycles. The van der Waals surface area contributed by atoms with Crippen molar-refractivity contribution in [3.63, 3.8) is 0 Å². The van der Waals surface area contributed by atoms with Crippen molar-refractivity contribution in [2.75, 3.05) is 0 Å². The normalized spacial score (nSPS) is 10.2. The van der Waals surface area contributed by atoms with Crippen LogP contribution >= 0.6 is 27.5 Å². The summed E-state index contributed by atoms with van der Waals surface area (Å²) in [6.45, 7) is 2.16. The van der Waals surface area contributed by atoms with Crippen molar-refractivity contribution in [2.45, 2.75) is 13.5 Å². The number of halogens is 2. The number of aryl methyl sites for hydroxylation is 1. The van der Waals surface area contributed by atoms with Crippen LogP contribution < -0.4 is 5.73 Å². The van der Waals surface area contributed by atoms with Crippen molar-refractivity contribution in [3.05, 3.63) is 21.1 Å². The van der Waals surface area contributed by atoms with Gasteiger partial charge in [0.05, 0.1) is 16.7 Å². The van der Waals surface area contributed by atoms with Gasteiger partial charge in [0.25, 0.3) is 0 Å². The van der Waals surface area contributed by atoms with Gasteiger partial charge in [-0.1, -0.05) is 11.6 Å². The summed E-state index contributed by atoms with van der Waals surface area (Å²) in [5.74, 6) is 0.565. The van der Waals surface area contributed by atoms with Gasteiger partial charge in [0.2, 0.25) is 0 Å². The van der Waals surface area contributed by atoms with Crippen LogP contribution in [0.2, 0.25) is 5.15 Å². The van der Waals surface area contributed by atoms with Gasteiger partial charge in [0, 0.05) is 0 Å². The fraction of sp³-hybridized carbons (Fsp3) is 0.333. The summed E-state index contributed by atoms with van der Waals surface area (Å²) in [6.07, 6.45) is 0. The third kappa shape index (κ3) is 1.89. The molecule has 0 aromatic carbocycles. The Balaban J connectivity index is 3.21. The van der Waals surface area contributed by atoms with E-state index in [1.165, 1.54) is 0 Å². The molecule has 0 aliphatic carbocycles.